The molecule has 0 bridgehead atoms. The quantitative estimate of drug-likeness (QED) is 0.894. The summed E-state index contributed by atoms with van der Waals surface area (Å²) < 4.78 is 28.8. The number of hydrogen-bond acceptors (Lipinski definition) is 6. The van der Waals surface area contributed by atoms with E-state index in [0.29, 0.717) is 16.4 Å². The topological polar surface area (TPSA) is 103 Å². The monoisotopic (exact) mass is 327 g/mol. The van der Waals surface area contributed by atoms with Crippen LogP contribution < -0.4 is 14.8 Å². The maximum absolute atomic E-state index is 12.0. The van der Waals surface area contributed by atoms with Crippen molar-refractivity contribution in [3.63, 3.8) is 0 Å². The zero-order valence-electron chi connectivity index (χ0n) is 11.1. The first-order valence-electron chi connectivity index (χ1n) is 6.15. The van der Waals surface area contributed by atoms with E-state index in [-0.39, 0.29) is 18.9 Å². The Morgan fingerprint density at radius 1 is 1.48 bits per heavy atom. The number of benzene rings is 1. The van der Waals surface area contributed by atoms with Gasteiger partial charge in [0.1, 0.15) is 11.0 Å². The summed E-state index contributed by atoms with van der Waals surface area (Å²) in [5, 5.41) is 4.73. The van der Waals surface area contributed by atoms with Crippen molar-refractivity contribution in [3.8, 4) is 5.75 Å². The van der Waals surface area contributed by atoms with Crippen LogP contribution in [-0.4, -0.2) is 38.2 Å². The summed E-state index contributed by atoms with van der Waals surface area (Å²) in [5.41, 5.74) is 0.709. The first-order valence-corrected chi connectivity index (χ1v) is 8.57. The molecule has 7 nitrogen and oxygen atoms in total. The molecule has 1 aliphatic rings. The van der Waals surface area contributed by atoms with Gasteiger partial charge in [-0.2, -0.15) is 0 Å². The van der Waals surface area contributed by atoms with Crippen LogP contribution >= 0.6 is 11.3 Å². The number of ether oxygens (including phenoxy) is 1. The van der Waals surface area contributed by atoms with Crippen molar-refractivity contribution in [2.24, 2.45) is 5.14 Å². The van der Waals surface area contributed by atoms with Gasteiger partial charge in [0.05, 0.1) is 17.3 Å². The summed E-state index contributed by atoms with van der Waals surface area (Å²) in [5.74, 6) is 0.398. The minimum Gasteiger partial charge on any atom is -0.497 e. The Labute approximate surface area is 125 Å². The number of thiazole rings is 1. The molecule has 112 valence electrons. The van der Waals surface area contributed by atoms with E-state index in [4.69, 9.17) is 9.88 Å². The lowest BCUT2D eigenvalue weighted by atomic mass is 10.3. The number of nitrogens with zero attached hydrogens (tertiary/aromatic N) is 2. The minimum absolute atomic E-state index is 0.0502. The molecule has 2 heterocycles. The lowest BCUT2D eigenvalue weighted by molar-refractivity contribution is -0.117. The Morgan fingerprint density at radius 2 is 2.24 bits per heavy atom. The van der Waals surface area contributed by atoms with Crippen LogP contribution in [-0.2, 0) is 14.8 Å². The van der Waals surface area contributed by atoms with Crippen LogP contribution in [0.1, 0.15) is 6.42 Å². The molecular weight excluding hydrogens is 314 g/mol. The summed E-state index contributed by atoms with van der Waals surface area (Å²) in [6, 6.07) is 5.43. The van der Waals surface area contributed by atoms with Gasteiger partial charge in [0.25, 0.3) is 0 Å². The number of primary sulfonamides is 1. The van der Waals surface area contributed by atoms with E-state index in [1.54, 1.807) is 13.2 Å². The van der Waals surface area contributed by atoms with Gasteiger partial charge in [-0.15, -0.1) is 0 Å². The number of nitrogens with two attached hydrogens (primary N) is 1. The van der Waals surface area contributed by atoms with Crippen molar-refractivity contribution in [2.75, 3.05) is 18.6 Å². The molecular formula is C12H13N3O4S2. The molecule has 1 aromatic heterocycles. The number of carbonyl (C=O) groups is 1. The Morgan fingerprint density at radius 3 is 2.86 bits per heavy atom. The van der Waals surface area contributed by atoms with E-state index >= 15 is 0 Å². The molecule has 21 heavy (non-hydrogen) atoms. The van der Waals surface area contributed by atoms with E-state index in [9.17, 15) is 13.2 Å². The van der Waals surface area contributed by atoms with Crippen molar-refractivity contribution in [3.05, 3.63) is 18.2 Å². The number of sulfonamides is 1. The fourth-order valence-corrected chi connectivity index (χ4v) is 3.92. The first-order chi connectivity index (χ1) is 9.88. The second kappa shape index (κ2) is 4.93. The molecule has 1 aromatic carbocycles. The molecule has 0 aliphatic carbocycles. The van der Waals surface area contributed by atoms with Crippen LogP contribution in [0.4, 0.5) is 5.13 Å². The van der Waals surface area contributed by atoms with Crippen LogP contribution in [0.5, 0.6) is 5.75 Å². The molecule has 1 amide bonds. The molecule has 0 radical (unpaired) electrons. The highest BCUT2D eigenvalue weighted by atomic mass is 32.2. The van der Waals surface area contributed by atoms with Gasteiger partial charge in [0.2, 0.25) is 15.9 Å². The standard InChI is InChI=1S/C12H13N3O4S2/c1-19-7-2-3-10-9(4-7)14-12(20-10)15-6-8(5-11(15)16)21(13,17)18/h2-4,8H,5-6H2,1H3,(H2,13,17,18). The van der Waals surface area contributed by atoms with Crippen LogP contribution in [0.15, 0.2) is 18.2 Å². The van der Waals surface area contributed by atoms with E-state index < -0.39 is 15.3 Å². The molecule has 1 atom stereocenters. The SMILES string of the molecule is COc1ccc2sc(N3CC(S(N)(=O)=O)CC3=O)nc2c1. The van der Waals surface area contributed by atoms with Crippen molar-refractivity contribution in [1.82, 2.24) is 4.98 Å². The van der Waals surface area contributed by atoms with Gasteiger partial charge in [-0.25, -0.2) is 18.5 Å². The molecule has 2 N–H and O–H groups in total. The van der Waals surface area contributed by atoms with Crippen LogP contribution in [0.25, 0.3) is 10.2 Å². The Kier molecular flexibility index (Phi) is 3.34. The number of rotatable bonds is 3. The fourth-order valence-electron chi connectivity index (χ4n) is 2.22. The van der Waals surface area contributed by atoms with Gasteiger partial charge >= 0.3 is 0 Å². The van der Waals surface area contributed by atoms with Gasteiger partial charge in [0, 0.05) is 19.0 Å². The molecule has 9 heteroatoms. The van der Waals surface area contributed by atoms with E-state index in [1.807, 2.05) is 12.1 Å². The number of anilines is 1. The first kappa shape index (κ1) is 14.2. The smallest absolute Gasteiger partial charge is 0.230 e. The summed E-state index contributed by atoms with van der Waals surface area (Å²) in [7, 11) is -2.16. The molecule has 1 unspecified atom stereocenters. The molecule has 2 aromatic rings. The zero-order valence-corrected chi connectivity index (χ0v) is 12.8. The number of methoxy groups -OCH3 is 1. The van der Waals surface area contributed by atoms with Gasteiger partial charge in [-0.3, -0.25) is 9.69 Å². The van der Waals surface area contributed by atoms with Crippen LogP contribution in [0, 0.1) is 0 Å². The maximum Gasteiger partial charge on any atom is 0.230 e. The van der Waals surface area contributed by atoms with Gasteiger partial charge in [-0.05, 0) is 12.1 Å². The molecule has 1 aliphatic heterocycles. The Hall–Kier alpha value is -1.71. The second-order valence-corrected chi connectivity index (χ2v) is 7.60. The molecule has 3 rings (SSSR count). The van der Waals surface area contributed by atoms with E-state index in [1.165, 1.54) is 16.2 Å². The number of fused-ring (bicyclic) bond motifs is 1. The van der Waals surface area contributed by atoms with Crippen LogP contribution in [0.3, 0.4) is 0 Å². The summed E-state index contributed by atoms with van der Waals surface area (Å²) in [6.45, 7) is 0.0502. The second-order valence-electron chi connectivity index (χ2n) is 4.75. The number of aromatic nitrogens is 1. The van der Waals surface area contributed by atoms with E-state index in [2.05, 4.69) is 4.98 Å². The molecule has 1 saturated heterocycles. The highest BCUT2D eigenvalue weighted by molar-refractivity contribution is 7.89. The largest absolute Gasteiger partial charge is 0.497 e. The number of amides is 1. The van der Waals surface area contributed by atoms with Gasteiger partial charge < -0.3 is 4.74 Å². The van der Waals surface area contributed by atoms with Crippen molar-refractivity contribution in [1.29, 1.82) is 0 Å². The lowest BCUT2D eigenvalue weighted by Crippen LogP contribution is -2.32. The van der Waals surface area contributed by atoms with E-state index in [0.717, 1.165) is 4.70 Å². The van der Waals surface area contributed by atoms with Crippen molar-refractivity contribution >= 4 is 42.6 Å². The van der Waals surface area contributed by atoms with Gasteiger partial charge in [-0.1, -0.05) is 11.3 Å². The highest BCUT2D eigenvalue weighted by Gasteiger charge is 2.38. The van der Waals surface area contributed by atoms with Crippen molar-refractivity contribution < 1.29 is 17.9 Å². The average Bonchev–Trinajstić information content (AvgIpc) is 2.99. The Balaban J connectivity index is 1.95. The normalized spacial score (nSPS) is 19.4. The third-order valence-electron chi connectivity index (χ3n) is 3.37. The predicted molar refractivity (Wildman–Crippen MR) is 80.0 cm³/mol. The number of carbonyl (C=O) groups excluding carboxylic acids is 1. The molecule has 0 saturated carbocycles. The summed E-state index contributed by atoms with van der Waals surface area (Å²) >= 11 is 1.33. The third kappa shape index (κ3) is 2.59. The highest BCUT2D eigenvalue weighted by Crippen LogP contribution is 2.33. The van der Waals surface area contributed by atoms with Crippen molar-refractivity contribution in [2.45, 2.75) is 11.7 Å². The maximum atomic E-state index is 12.0. The lowest BCUT2D eigenvalue weighted by Gasteiger charge is -2.11. The third-order valence-corrected chi connectivity index (χ3v) is 5.67. The zero-order chi connectivity index (χ0) is 15.2. The molecule has 1 fully saturated rings. The van der Waals surface area contributed by atoms with Crippen LogP contribution in [0.2, 0.25) is 0 Å². The predicted octanol–water partition coefficient (Wildman–Crippen LogP) is 0.699. The molecule has 0 spiro atoms. The minimum atomic E-state index is -3.72. The van der Waals surface area contributed by atoms with Gasteiger partial charge in [0.15, 0.2) is 5.13 Å². The summed E-state index contributed by atoms with van der Waals surface area (Å²) in [4.78, 5) is 17.7. The number of hydrogen-bond donors (Lipinski definition) is 1. The average molecular weight is 327 g/mol. The Bertz CT molecular complexity index is 815. The summed E-state index contributed by atoms with van der Waals surface area (Å²) in [6.07, 6.45) is -0.0991. The fraction of sp³-hybridized carbons (Fsp3) is 0.333.